The molecule has 0 radical (unpaired) electrons. The van der Waals surface area contributed by atoms with E-state index in [1.807, 2.05) is 35.9 Å². The Hall–Kier alpha value is -3.26. The summed E-state index contributed by atoms with van der Waals surface area (Å²) in [5.41, 5.74) is 3.28. The van der Waals surface area contributed by atoms with E-state index in [0.29, 0.717) is 5.95 Å². The highest BCUT2D eigenvalue weighted by molar-refractivity contribution is 7.90. The van der Waals surface area contributed by atoms with Gasteiger partial charge in [-0.1, -0.05) is 0 Å². The molecule has 1 aromatic carbocycles. The van der Waals surface area contributed by atoms with Crippen LogP contribution in [0.3, 0.4) is 0 Å². The summed E-state index contributed by atoms with van der Waals surface area (Å²) in [7, 11) is -3.23. The van der Waals surface area contributed by atoms with Gasteiger partial charge >= 0.3 is 0 Å². The predicted octanol–water partition coefficient (Wildman–Crippen LogP) is 3.27. The van der Waals surface area contributed by atoms with Crippen molar-refractivity contribution in [3.05, 3.63) is 66.7 Å². The molecule has 1 N–H and O–H groups in total. The van der Waals surface area contributed by atoms with E-state index in [1.165, 1.54) is 6.26 Å². The maximum atomic E-state index is 11.6. The number of fused-ring (bicyclic) bond motifs is 1. The molecule has 3 heterocycles. The Morgan fingerprint density at radius 3 is 2.41 bits per heavy atom. The Morgan fingerprint density at radius 2 is 1.74 bits per heavy atom. The fraction of sp³-hybridized carbons (Fsp3) is 0.105. The van der Waals surface area contributed by atoms with Gasteiger partial charge in [0.2, 0.25) is 5.95 Å². The summed E-state index contributed by atoms with van der Waals surface area (Å²) >= 11 is 0. The van der Waals surface area contributed by atoms with Crippen molar-refractivity contribution in [1.29, 1.82) is 0 Å². The first-order valence-corrected chi connectivity index (χ1v) is 10.1. The highest BCUT2D eigenvalue weighted by Crippen LogP contribution is 2.22. The quantitative estimate of drug-likeness (QED) is 0.585. The molecule has 0 fully saturated rings. The largest absolute Gasteiger partial charge is 0.323 e. The zero-order chi connectivity index (χ0) is 19.0. The van der Waals surface area contributed by atoms with Crippen LogP contribution in [0.4, 0.5) is 11.6 Å². The molecule has 0 saturated carbocycles. The van der Waals surface area contributed by atoms with Crippen molar-refractivity contribution >= 4 is 32.5 Å². The van der Waals surface area contributed by atoms with Crippen molar-refractivity contribution in [2.45, 2.75) is 11.8 Å². The molecule has 8 heteroatoms. The van der Waals surface area contributed by atoms with Gasteiger partial charge in [-0.25, -0.2) is 13.4 Å². The average molecular weight is 379 g/mol. The SMILES string of the molecule is Cc1ccc(Nc2ncc3ccn(-c4ccc(S(C)(=O)=O)cc4)c3n2)cn1. The van der Waals surface area contributed by atoms with Crippen molar-refractivity contribution in [2.24, 2.45) is 0 Å². The monoisotopic (exact) mass is 379 g/mol. The molecule has 4 rings (SSSR count). The molecule has 0 saturated heterocycles. The van der Waals surface area contributed by atoms with Crippen LogP contribution in [0.15, 0.2) is 66.0 Å². The molecule has 27 heavy (non-hydrogen) atoms. The molecule has 0 spiro atoms. The maximum Gasteiger partial charge on any atom is 0.229 e. The lowest BCUT2D eigenvalue weighted by Gasteiger charge is -2.08. The molecule has 0 aliphatic carbocycles. The first kappa shape index (κ1) is 17.2. The number of rotatable bonds is 4. The van der Waals surface area contributed by atoms with Crippen LogP contribution in [0.5, 0.6) is 0 Å². The number of nitrogens with one attached hydrogen (secondary N) is 1. The molecule has 3 aromatic heterocycles. The Morgan fingerprint density at radius 1 is 0.963 bits per heavy atom. The van der Waals surface area contributed by atoms with Gasteiger partial charge in [0.25, 0.3) is 0 Å². The highest BCUT2D eigenvalue weighted by atomic mass is 32.2. The van der Waals surface area contributed by atoms with Gasteiger partial charge in [0.15, 0.2) is 9.84 Å². The van der Waals surface area contributed by atoms with E-state index in [9.17, 15) is 8.42 Å². The molecule has 136 valence electrons. The molecular formula is C19H17N5O2S. The number of aromatic nitrogens is 4. The van der Waals surface area contributed by atoms with Crippen LogP contribution in [0.1, 0.15) is 5.69 Å². The van der Waals surface area contributed by atoms with Crippen molar-refractivity contribution in [2.75, 3.05) is 11.6 Å². The zero-order valence-corrected chi connectivity index (χ0v) is 15.6. The number of hydrogen-bond donors (Lipinski definition) is 1. The Balaban J connectivity index is 1.70. The Kier molecular flexibility index (Phi) is 4.12. The number of hydrogen-bond acceptors (Lipinski definition) is 6. The summed E-state index contributed by atoms with van der Waals surface area (Å²) in [5.74, 6) is 0.459. The van der Waals surface area contributed by atoms with E-state index in [0.717, 1.165) is 28.1 Å². The second kappa shape index (κ2) is 6.48. The van der Waals surface area contributed by atoms with Crippen LogP contribution < -0.4 is 5.32 Å². The number of benzene rings is 1. The van der Waals surface area contributed by atoms with Crippen LogP contribution in [-0.4, -0.2) is 34.2 Å². The molecule has 0 aliphatic heterocycles. The molecule has 0 amide bonds. The summed E-state index contributed by atoms with van der Waals surface area (Å²) in [6.45, 7) is 1.92. The van der Waals surface area contributed by atoms with Gasteiger partial charge in [0.1, 0.15) is 5.65 Å². The standard InChI is InChI=1S/C19H17N5O2S/c1-13-3-4-15(12-20-13)22-19-21-11-14-9-10-24(18(14)23-19)16-5-7-17(8-6-16)27(2,25)26/h3-12H,1-2H3,(H,21,22,23). The smallest absolute Gasteiger partial charge is 0.229 e. The molecule has 4 aromatic rings. The third-order valence-electron chi connectivity index (χ3n) is 4.14. The highest BCUT2D eigenvalue weighted by Gasteiger charge is 2.10. The van der Waals surface area contributed by atoms with Gasteiger partial charge in [-0.15, -0.1) is 0 Å². The fourth-order valence-electron chi connectivity index (χ4n) is 2.71. The van der Waals surface area contributed by atoms with Crippen molar-refractivity contribution in [1.82, 2.24) is 19.5 Å². The van der Waals surface area contributed by atoms with Crippen molar-refractivity contribution in [3.63, 3.8) is 0 Å². The van der Waals surface area contributed by atoms with Crippen LogP contribution in [0.25, 0.3) is 16.7 Å². The van der Waals surface area contributed by atoms with Gasteiger partial charge < -0.3 is 9.88 Å². The summed E-state index contributed by atoms with van der Waals surface area (Å²) in [6.07, 6.45) is 6.55. The minimum Gasteiger partial charge on any atom is -0.323 e. The molecular weight excluding hydrogens is 362 g/mol. The van der Waals surface area contributed by atoms with E-state index >= 15 is 0 Å². The minimum atomic E-state index is -3.23. The normalized spacial score (nSPS) is 11.6. The van der Waals surface area contributed by atoms with E-state index in [4.69, 9.17) is 0 Å². The predicted molar refractivity (Wildman–Crippen MR) is 104 cm³/mol. The second-order valence-electron chi connectivity index (χ2n) is 6.24. The lowest BCUT2D eigenvalue weighted by Crippen LogP contribution is -2.01. The number of pyridine rings is 1. The van der Waals surface area contributed by atoms with E-state index in [-0.39, 0.29) is 4.90 Å². The lowest BCUT2D eigenvalue weighted by atomic mass is 10.3. The van der Waals surface area contributed by atoms with Gasteiger partial charge in [0, 0.05) is 35.4 Å². The third kappa shape index (κ3) is 3.52. The summed E-state index contributed by atoms with van der Waals surface area (Å²) < 4.78 is 25.2. The van der Waals surface area contributed by atoms with Crippen LogP contribution >= 0.6 is 0 Å². The van der Waals surface area contributed by atoms with E-state index in [2.05, 4.69) is 20.3 Å². The summed E-state index contributed by atoms with van der Waals surface area (Å²) in [5, 5.41) is 4.03. The zero-order valence-electron chi connectivity index (χ0n) is 14.8. The molecule has 0 aliphatic rings. The van der Waals surface area contributed by atoms with Crippen molar-refractivity contribution in [3.8, 4) is 5.69 Å². The average Bonchev–Trinajstić information content (AvgIpc) is 3.06. The fourth-order valence-corrected chi connectivity index (χ4v) is 3.34. The van der Waals surface area contributed by atoms with Gasteiger partial charge in [-0.2, -0.15) is 4.98 Å². The van der Waals surface area contributed by atoms with Gasteiger partial charge in [-0.05, 0) is 49.4 Å². The second-order valence-corrected chi connectivity index (χ2v) is 8.25. The summed E-state index contributed by atoms with van der Waals surface area (Å²) in [6, 6.07) is 12.4. The van der Waals surface area contributed by atoms with E-state index < -0.39 is 9.84 Å². The maximum absolute atomic E-state index is 11.6. The molecule has 0 unspecified atom stereocenters. The topological polar surface area (TPSA) is 89.8 Å². The van der Waals surface area contributed by atoms with Gasteiger partial charge in [-0.3, -0.25) is 4.98 Å². The number of anilines is 2. The van der Waals surface area contributed by atoms with Crippen LogP contribution in [0.2, 0.25) is 0 Å². The first-order valence-electron chi connectivity index (χ1n) is 8.24. The molecule has 0 atom stereocenters. The third-order valence-corrected chi connectivity index (χ3v) is 5.27. The Labute approximate surface area is 156 Å². The number of aryl methyl sites for hydroxylation is 1. The number of nitrogens with zero attached hydrogens (tertiary/aromatic N) is 4. The minimum absolute atomic E-state index is 0.284. The van der Waals surface area contributed by atoms with E-state index in [1.54, 1.807) is 36.7 Å². The molecule has 0 bridgehead atoms. The first-order chi connectivity index (χ1) is 12.9. The number of sulfone groups is 1. The van der Waals surface area contributed by atoms with Crippen molar-refractivity contribution < 1.29 is 8.42 Å². The summed E-state index contributed by atoms with van der Waals surface area (Å²) in [4.78, 5) is 13.5. The van der Waals surface area contributed by atoms with Crippen LogP contribution in [-0.2, 0) is 9.84 Å². The molecule has 7 nitrogen and oxygen atoms in total. The van der Waals surface area contributed by atoms with Crippen LogP contribution in [0, 0.1) is 6.92 Å². The Bertz CT molecular complexity index is 1210. The van der Waals surface area contributed by atoms with Gasteiger partial charge in [0.05, 0.1) is 16.8 Å². The lowest BCUT2D eigenvalue weighted by molar-refractivity contribution is 0.602.